The average molecular weight is 504 g/mol. The van der Waals surface area contributed by atoms with Gasteiger partial charge in [0.1, 0.15) is 12.1 Å². The zero-order valence-electron chi connectivity index (χ0n) is 20.3. The minimum absolute atomic E-state index is 0.0819. The predicted molar refractivity (Wildman–Crippen MR) is 133 cm³/mol. The molecule has 1 aromatic rings. The molecule has 1 radical (unpaired) electrons. The molecule has 7 nitrogen and oxygen atoms in total. The topological polar surface area (TPSA) is 76.2 Å². The lowest BCUT2D eigenvalue weighted by atomic mass is 9.79. The minimum atomic E-state index is -1.27. The summed E-state index contributed by atoms with van der Waals surface area (Å²) >= 11 is 6.58. The summed E-state index contributed by atoms with van der Waals surface area (Å²) in [5, 5.41) is 0. The molecule has 0 aromatic heterocycles. The van der Waals surface area contributed by atoms with Crippen molar-refractivity contribution in [1.29, 1.82) is 0 Å². The fraction of sp³-hybridized carbons (Fsp3) is 0.480. The number of carbonyl (C=O) groups is 3. The van der Waals surface area contributed by atoms with Crippen LogP contribution >= 0.6 is 11.6 Å². The van der Waals surface area contributed by atoms with Gasteiger partial charge in [0, 0.05) is 13.0 Å². The van der Waals surface area contributed by atoms with Crippen LogP contribution in [-0.4, -0.2) is 61.1 Å². The number of ether oxygens (including phenoxy) is 1. The van der Waals surface area contributed by atoms with Crippen molar-refractivity contribution in [2.45, 2.75) is 51.5 Å². The van der Waals surface area contributed by atoms with Crippen LogP contribution < -0.4 is 0 Å². The van der Waals surface area contributed by atoms with Crippen molar-refractivity contribution in [3.63, 3.8) is 0 Å². The molecule has 34 heavy (non-hydrogen) atoms. The highest BCUT2D eigenvalue weighted by atomic mass is 35.5. The molecule has 0 bridgehead atoms. The summed E-state index contributed by atoms with van der Waals surface area (Å²) in [4.78, 5) is 41.3. The summed E-state index contributed by atoms with van der Waals surface area (Å²) in [7, 11) is -1.27. The maximum Gasteiger partial charge on any atom is 0.412 e. The van der Waals surface area contributed by atoms with E-state index in [1.54, 1.807) is 41.3 Å². The van der Waals surface area contributed by atoms with Crippen molar-refractivity contribution in [2.75, 3.05) is 13.2 Å². The predicted octanol–water partition coefficient (Wildman–Crippen LogP) is 5.06. The van der Waals surface area contributed by atoms with Gasteiger partial charge in [0.2, 0.25) is 9.04 Å². The Morgan fingerprint density at radius 1 is 1.26 bits per heavy atom. The third kappa shape index (κ3) is 5.14. The summed E-state index contributed by atoms with van der Waals surface area (Å²) in [5.74, 6) is -0.766. The monoisotopic (exact) mass is 503 g/mol. The van der Waals surface area contributed by atoms with Crippen molar-refractivity contribution in [2.24, 2.45) is 11.3 Å². The lowest BCUT2D eigenvalue weighted by Gasteiger charge is -2.37. The highest BCUT2D eigenvalue weighted by Crippen LogP contribution is 2.44. The molecule has 2 aliphatic heterocycles. The van der Waals surface area contributed by atoms with Gasteiger partial charge in [0.25, 0.3) is 11.8 Å². The van der Waals surface area contributed by atoms with Gasteiger partial charge in [-0.1, -0.05) is 57.2 Å². The Bertz CT molecular complexity index is 970. The zero-order valence-corrected chi connectivity index (χ0v) is 22.1. The molecule has 2 aliphatic rings. The van der Waals surface area contributed by atoms with Gasteiger partial charge in [-0.3, -0.25) is 19.4 Å². The Morgan fingerprint density at radius 2 is 1.85 bits per heavy atom. The van der Waals surface area contributed by atoms with Gasteiger partial charge in [-0.15, -0.1) is 0 Å². The van der Waals surface area contributed by atoms with E-state index in [-0.39, 0.29) is 17.9 Å². The first kappa shape index (κ1) is 26.2. The lowest BCUT2D eigenvalue weighted by Crippen LogP contribution is -2.50. The molecule has 9 heteroatoms. The number of fused-ring (bicyclic) bond motifs is 1. The van der Waals surface area contributed by atoms with E-state index in [1.165, 1.54) is 6.08 Å². The van der Waals surface area contributed by atoms with Crippen LogP contribution in [0.25, 0.3) is 0 Å². The number of benzene rings is 1. The second-order valence-corrected chi connectivity index (χ2v) is 12.3. The molecule has 1 aromatic carbocycles. The Balaban J connectivity index is 1.95. The molecule has 0 aliphatic carbocycles. The molecule has 3 rings (SSSR count). The molecule has 0 saturated carbocycles. The van der Waals surface area contributed by atoms with Crippen molar-refractivity contribution in [3.05, 3.63) is 60.2 Å². The molecular formula is C25H32ClN2O5Si. The summed E-state index contributed by atoms with van der Waals surface area (Å²) < 4.78 is 11.8. The summed E-state index contributed by atoms with van der Waals surface area (Å²) in [6.07, 6.45) is 4.82. The maximum atomic E-state index is 13.0. The van der Waals surface area contributed by atoms with Crippen LogP contribution in [-0.2, 0) is 9.16 Å². The number of imide groups is 1. The maximum absolute atomic E-state index is 13.0. The van der Waals surface area contributed by atoms with Crippen LogP contribution in [0.3, 0.4) is 0 Å². The van der Waals surface area contributed by atoms with Gasteiger partial charge in [-0.05, 0) is 48.7 Å². The molecule has 3 atom stereocenters. The Hall–Kier alpha value is -2.42. The lowest BCUT2D eigenvalue weighted by molar-refractivity contribution is -0.0135. The van der Waals surface area contributed by atoms with E-state index in [0.29, 0.717) is 24.1 Å². The van der Waals surface area contributed by atoms with E-state index >= 15 is 0 Å². The molecule has 0 N–H and O–H groups in total. The smallest absolute Gasteiger partial charge is 0.412 e. The van der Waals surface area contributed by atoms with Gasteiger partial charge in [0.05, 0.1) is 11.1 Å². The number of halogens is 1. The van der Waals surface area contributed by atoms with E-state index in [1.807, 2.05) is 13.1 Å². The first-order valence-electron chi connectivity index (χ1n) is 11.3. The fourth-order valence-electron chi connectivity index (χ4n) is 4.31. The van der Waals surface area contributed by atoms with Gasteiger partial charge >= 0.3 is 6.09 Å². The largest absolute Gasteiger partial charge is 0.445 e. The average Bonchev–Trinajstić information content (AvgIpc) is 3.26. The summed E-state index contributed by atoms with van der Waals surface area (Å²) in [6, 6.07) is 6.63. The summed E-state index contributed by atoms with van der Waals surface area (Å²) in [6.45, 7) is 14.5. The van der Waals surface area contributed by atoms with Crippen molar-refractivity contribution < 1.29 is 23.5 Å². The molecule has 183 valence electrons. The normalized spacial score (nSPS) is 23.7. The van der Waals surface area contributed by atoms with Gasteiger partial charge in [-0.2, -0.15) is 0 Å². The number of amides is 3. The standard InChI is InChI=1S/C25H32ClN2O5Si/c1-7-14-32-23(31)27-16-17(24(2,3)4)15-25(27,33-34(5)6)13-12-20(26)28-21(29)18-10-8-9-11-19(18)22(28)30/h7-13,17,20H,1,14-16H2,2-6H3/t17-,20?,25+/m0/s1. The molecule has 1 saturated heterocycles. The van der Waals surface area contributed by atoms with Gasteiger partial charge in [-0.25, -0.2) is 4.79 Å². The van der Waals surface area contributed by atoms with Crippen LogP contribution in [0.5, 0.6) is 0 Å². The Kier molecular flexibility index (Phi) is 7.74. The first-order valence-corrected chi connectivity index (χ1v) is 14.1. The number of alkyl halides is 1. The van der Waals surface area contributed by atoms with Crippen molar-refractivity contribution in [1.82, 2.24) is 9.80 Å². The summed E-state index contributed by atoms with van der Waals surface area (Å²) in [5.41, 5.74) is -1.58. The third-order valence-electron chi connectivity index (χ3n) is 6.14. The van der Waals surface area contributed by atoms with E-state index in [4.69, 9.17) is 20.8 Å². The molecule has 1 unspecified atom stereocenters. The number of carbonyl (C=O) groups excluding carboxylic acids is 3. The number of likely N-dealkylation sites (tertiary alicyclic amines) is 1. The quantitative estimate of drug-likeness (QED) is 0.171. The van der Waals surface area contributed by atoms with E-state index in [9.17, 15) is 14.4 Å². The number of rotatable bonds is 7. The van der Waals surface area contributed by atoms with Crippen molar-refractivity contribution >= 4 is 38.5 Å². The Labute approximate surface area is 208 Å². The van der Waals surface area contributed by atoms with Crippen LogP contribution in [0.15, 0.2) is 49.1 Å². The molecular weight excluding hydrogens is 472 g/mol. The Morgan fingerprint density at radius 3 is 2.35 bits per heavy atom. The number of nitrogens with zero attached hydrogens (tertiary/aromatic N) is 2. The molecule has 3 amide bonds. The van der Waals surface area contributed by atoms with E-state index < -0.39 is 38.2 Å². The zero-order chi connectivity index (χ0) is 25.3. The SMILES string of the molecule is C=CCOC(=O)N1C[C@@H](C(C)(C)C)C[C@@]1(C=CC(Cl)N1C(=O)c2ccccc2C1=O)O[Si](C)C. The first-order chi connectivity index (χ1) is 15.9. The van der Waals surface area contributed by atoms with E-state index in [2.05, 4.69) is 27.4 Å². The van der Waals surface area contributed by atoms with Gasteiger partial charge in [0.15, 0.2) is 5.72 Å². The van der Waals surface area contributed by atoms with Crippen molar-refractivity contribution in [3.8, 4) is 0 Å². The number of hydrogen-bond donors (Lipinski definition) is 0. The van der Waals surface area contributed by atoms with Crippen LogP contribution in [0, 0.1) is 11.3 Å². The van der Waals surface area contributed by atoms with Crippen LogP contribution in [0.4, 0.5) is 4.79 Å². The number of hydrogen-bond acceptors (Lipinski definition) is 5. The highest BCUT2D eigenvalue weighted by molar-refractivity contribution is 6.48. The highest BCUT2D eigenvalue weighted by Gasteiger charge is 2.51. The minimum Gasteiger partial charge on any atom is -0.445 e. The third-order valence-corrected chi connectivity index (χ3v) is 7.24. The molecule has 1 fully saturated rings. The van der Waals surface area contributed by atoms with E-state index in [0.717, 1.165) is 4.90 Å². The second kappa shape index (κ2) is 10.1. The second-order valence-electron chi connectivity index (χ2n) is 9.86. The molecule has 2 heterocycles. The van der Waals surface area contributed by atoms with Crippen LogP contribution in [0.1, 0.15) is 47.9 Å². The van der Waals surface area contributed by atoms with Gasteiger partial charge < -0.3 is 9.16 Å². The fourth-order valence-corrected chi connectivity index (χ4v) is 5.53. The molecule has 0 spiro atoms. The van der Waals surface area contributed by atoms with Crippen LogP contribution in [0.2, 0.25) is 13.1 Å².